The van der Waals surface area contributed by atoms with Crippen molar-refractivity contribution in [1.82, 2.24) is 20.4 Å². The van der Waals surface area contributed by atoms with Gasteiger partial charge in [0, 0.05) is 26.2 Å². The molecule has 0 saturated carbocycles. The quantitative estimate of drug-likeness (QED) is 0.275. The van der Waals surface area contributed by atoms with E-state index >= 15 is 0 Å². The summed E-state index contributed by atoms with van der Waals surface area (Å²) < 4.78 is 19.0. The Morgan fingerprint density at radius 1 is 1.09 bits per heavy atom. The molecule has 2 heterocycles. The van der Waals surface area contributed by atoms with Crippen LogP contribution in [0.15, 0.2) is 29.3 Å². The molecule has 0 spiro atoms. The minimum atomic E-state index is -0.201. The fourth-order valence-corrected chi connectivity index (χ4v) is 4.51. The number of ether oxygens (including phenoxy) is 1. The molecule has 2 saturated heterocycles. The van der Waals surface area contributed by atoms with Gasteiger partial charge in [-0.15, -0.1) is 24.0 Å². The molecule has 8 heteroatoms. The predicted octanol–water partition coefficient (Wildman–Crippen LogP) is 3.49. The van der Waals surface area contributed by atoms with Gasteiger partial charge in [0.25, 0.3) is 0 Å². The Morgan fingerprint density at radius 3 is 2.41 bits per heavy atom. The Balaban J connectivity index is 0.00000363. The highest BCUT2D eigenvalue weighted by atomic mass is 127. The number of piperidine rings is 1. The number of likely N-dealkylation sites (tertiary alicyclic amines) is 1. The van der Waals surface area contributed by atoms with Gasteiger partial charge in [-0.3, -0.25) is 9.89 Å². The molecule has 1 aromatic carbocycles. The number of morpholine rings is 1. The van der Waals surface area contributed by atoms with Gasteiger partial charge >= 0.3 is 0 Å². The summed E-state index contributed by atoms with van der Waals surface area (Å²) in [4.78, 5) is 9.84. The summed E-state index contributed by atoms with van der Waals surface area (Å²) in [5.41, 5.74) is 1.10. The van der Waals surface area contributed by atoms with Crippen LogP contribution in [0, 0.1) is 11.7 Å². The van der Waals surface area contributed by atoms with E-state index in [2.05, 4.69) is 34.3 Å². The van der Waals surface area contributed by atoms with E-state index in [0.29, 0.717) is 6.54 Å². The molecule has 2 aliphatic rings. The SMILES string of the molecule is CCNC(=NCC(c1ccc(F)cc1)N1CCOCC1)NCCC1CCN(CC)CC1.I. The Labute approximate surface area is 210 Å². The lowest BCUT2D eigenvalue weighted by Crippen LogP contribution is -2.42. The predicted molar refractivity (Wildman–Crippen MR) is 140 cm³/mol. The van der Waals surface area contributed by atoms with Crippen LogP contribution in [0.1, 0.15) is 44.7 Å². The molecule has 182 valence electrons. The first-order valence-electron chi connectivity index (χ1n) is 12.0. The van der Waals surface area contributed by atoms with Crippen molar-refractivity contribution in [1.29, 1.82) is 0 Å². The maximum atomic E-state index is 13.5. The number of rotatable bonds is 9. The monoisotopic (exact) mass is 561 g/mol. The van der Waals surface area contributed by atoms with Crippen molar-refractivity contribution in [3.05, 3.63) is 35.6 Å². The average molecular weight is 562 g/mol. The number of nitrogens with zero attached hydrogens (tertiary/aromatic N) is 3. The largest absolute Gasteiger partial charge is 0.379 e. The van der Waals surface area contributed by atoms with Crippen molar-refractivity contribution in [3.8, 4) is 0 Å². The summed E-state index contributed by atoms with van der Waals surface area (Å²) in [5, 5.41) is 6.92. The maximum absolute atomic E-state index is 13.5. The minimum Gasteiger partial charge on any atom is -0.379 e. The lowest BCUT2D eigenvalue weighted by Gasteiger charge is -2.34. The molecule has 0 radical (unpaired) electrons. The van der Waals surface area contributed by atoms with Gasteiger partial charge < -0.3 is 20.3 Å². The minimum absolute atomic E-state index is 0. The van der Waals surface area contributed by atoms with Crippen LogP contribution in [-0.4, -0.2) is 81.3 Å². The van der Waals surface area contributed by atoms with Crippen molar-refractivity contribution in [3.63, 3.8) is 0 Å². The molecule has 2 fully saturated rings. The maximum Gasteiger partial charge on any atom is 0.191 e. The van der Waals surface area contributed by atoms with Gasteiger partial charge in [0.1, 0.15) is 5.82 Å². The van der Waals surface area contributed by atoms with Gasteiger partial charge in [0.05, 0.1) is 25.8 Å². The first-order chi connectivity index (χ1) is 15.2. The van der Waals surface area contributed by atoms with Crippen LogP contribution in [-0.2, 0) is 4.74 Å². The molecule has 3 rings (SSSR count). The number of aliphatic imine (C=N–C) groups is 1. The van der Waals surface area contributed by atoms with Crippen LogP contribution >= 0.6 is 24.0 Å². The number of hydrogen-bond donors (Lipinski definition) is 2. The number of benzene rings is 1. The Morgan fingerprint density at radius 2 is 1.78 bits per heavy atom. The molecule has 0 aromatic heterocycles. The zero-order valence-corrected chi connectivity index (χ0v) is 22.0. The van der Waals surface area contributed by atoms with E-state index in [1.165, 1.54) is 38.9 Å². The highest BCUT2D eigenvalue weighted by Gasteiger charge is 2.23. The van der Waals surface area contributed by atoms with Crippen LogP contribution in [0.25, 0.3) is 0 Å². The Bertz CT molecular complexity index is 661. The Kier molecular flexibility index (Phi) is 12.8. The van der Waals surface area contributed by atoms with E-state index in [-0.39, 0.29) is 35.8 Å². The second-order valence-electron chi connectivity index (χ2n) is 8.53. The summed E-state index contributed by atoms with van der Waals surface area (Å²) >= 11 is 0. The molecule has 1 atom stereocenters. The summed E-state index contributed by atoms with van der Waals surface area (Å²) in [6.07, 6.45) is 3.78. The highest BCUT2D eigenvalue weighted by Crippen LogP contribution is 2.23. The van der Waals surface area contributed by atoms with Gasteiger partial charge in [-0.25, -0.2) is 4.39 Å². The van der Waals surface area contributed by atoms with Crippen LogP contribution in [0.5, 0.6) is 0 Å². The number of hydrogen-bond acceptors (Lipinski definition) is 4. The van der Waals surface area contributed by atoms with E-state index < -0.39 is 0 Å². The van der Waals surface area contributed by atoms with E-state index in [1.54, 1.807) is 12.1 Å². The van der Waals surface area contributed by atoms with E-state index in [9.17, 15) is 4.39 Å². The smallest absolute Gasteiger partial charge is 0.191 e. The summed E-state index contributed by atoms with van der Waals surface area (Å²) in [6, 6.07) is 6.97. The molecule has 0 amide bonds. The molecule has 0 bridgehead atoms. The molecule has 6 nitrogen and oxygen atoms in total. The molecular formula is C24H41FIN5O. The first kappa shape index (κ1) is 27.3. The number of halogens is 2. The van der Waals surface area contributed by atoms with Crippen LogP contribution in [0.2, 0.25) is 0 Å². The summed E-state index contributed by atoms with van der Waals surface area (Å²) in [6.45, 7) is 13.6. The van der Waals surface area contributed by atoms with Crippen LogP contribution < -0.4 is 10.6 Å². The first-order valence-corrected chi connectivity index (χ1v) is 12.0. The molecule has 1 aromatic rings. The standard InChI is InChI=1S/C24H40FN5O.HI/c1-3-26-24(27-12-9-20-10-13-29(4-2)14-11-20)28-19-23(30-15-17-31-18-16-30)21-5-7-22(25)8-6-21;/h5-8,20,23H,3-4,9-19H2,1-2H3,(H2,26,27,28);1H. The van der Waals surface area contributed by atoms with Gasteiger partial charge in [-0.2, -0.15) is 0 Å². The normalized spacial score (nSPS) is 19.9. The lowest BCUT2D eigenvalue weighted by molar-refractivity contribution is 0.0179. The zero-order chi connectivity index (χ0) is 21.9. The fraction of sp³-hybridized carbons (Fsp3) is 0.708. The van der Waals surface area contributed by atoms with Crippen molar-refractivity contribution < 1.29 is 9.13 Å². The van der Waals surface area contributed by atoms with Crippen molar-refractivity contribution in [2.75, 3.05) is 65.6 Å². The van der Waals surface area contributed by atoms with Crippen LogP contribution in [0.3, 0.4) is 0 Å². The second kappa shape index (κ2) is 15.0. The summed E-state index contributed by atoms with van der Waals surface area (Å²) in [5.74, 6) is 1.47. The highest BCUT2D eigenvalue weighted by molar-refractivity contribution is 14.0. The van der Waals surface area contributed by atoms with Crippen molar-refractivity contribution in [2.45, 2.75) is 39.2 Å². The van der Waals surface area contributed by atoms with Gasteiger partial charge in [-0.05, 0) is 69.4 Å². The number of guanidine groups is 1. The van der Waals surface area contributed by atoms with Gasteiger partial charge in [0.2, 0.25) is 0 Å². The summed E-state index contributed by atoms with van der Waals surface area (Å²) in [7, 11) is 0. The Hall–Kier alpha value is -0.970. The lowest BCUT2D eigenvalue weighted by atomic mass is 9.93. The molecule has 1 unspecified atom stereocenters. The fourth-order valence-electron chi connectivity index (χ4n) is 4.51. The van der Waals surface area contributed by atoms with E-state index in [4.69, 9.17) is 9.73 Å². The third-order valence-corrected chi connectivity index (χ3v) is 6.51. The van der Waals surface area contributed by atoms with Crippen LogP contribution in [0.4, 0.5) is 4.39 Å². The van der Waals surface area contributed by atoms with Crippen molar-refractivity contribution in [2.24, 2.45) is 10.9 Å². The molecular weight excluding hydrogens is 520 g/mol. The molecule has 2 N–H and O–H groups in total. The van der Waals surface area contributed by atoms with Gasteiger partial charge in [-0.1, -0.05) is 19.1 Å². The molecule has 32 heavy (non-hydrogen) atoms. The third-order valence-electron chi connectivity index (χ3n) is 6.51. The van der Waals surface area contributed by atoms with E-state index in [1.807, 2.05) is 12.1 Å². The molecule has 2 aliphatic heterocycles. The molecule has 0 aliphatic carbocycles. The number of nitrogens with one attached hydrogen (secondary N) is 2. The third kappa shape index (κ3) is 8.76. The topological polar surface area (TPSA) is 52.1 Å². The van der Waals surface area contributed by atoms with Crippen molar-refractivity contribution >= 4 is 29.9 Å². The zero-order valence-electron chi connectivity index (χ0n) is 19.7. The van der Waals surface area contributed by atoms with Gasteiger partial charge in [0.15, 0.2) is 5.96 Å². The average Bonchev–Trinajstić information content (AvgIpc) is 2.81. The van der Waals surface area contributed by atoms with E-state index in [0.717, 1.165) is 56.8 Å². The second-order valence-corrected chi connectivity index (χ2v) is 8.53.